The summed E-state index contributed by atoms with van der Waals surface area (Å²) >= 11 is 0. The molecule has 0 bridgehead atoms. The number of aryl methyl sites for hydroxylation is 1. The molecular weight excluding hydrogens is 186 g/mol. The van der Waals surface area contributed by atoms with E-state index in [9.17, 15) is 0 Å². The monoisotopic (exact) mass is 201 g/mol. The minimum Gasteiger partial charge on any atom is -0.355 e. The standard InChI is InChI=1S/C13H15NO/c1-10-4-2-5-11(8-10)13-7-3-6-12(9-14)15-13/h2,4-5,8,12-13H,3,6-7H2,1H3. The van der Waals surface area contributed by atoms with Gasteiger partial charge in [0.15, 0.2) is 0 Å². The second-order valence-corrected chi connectivity index (χ2v) is 4.09. The number of benzene rings is 1. The van der Waals surface area contributed by atoms with Crippen molar-refractivity contribution in [3.63, 3.8) is 0 Å². The molecule has 0 N–H and O–H groups in total. The van der Waals surface area contributed by atoms with Gasteiger partial charge in [-0.25, -0.2) is 0 Å². The number of ether oxygens (including phenoxy) is 1. The van der Waals surface area contributed by atoms with Crippen LogP contribution in [0.15, 0.2) is 24.3 Å². The van der Waals surface area contributed by atoms with Crippen molar-refractivity contribution >= 4 is 0 Å². The third-order valence-corrected chi connectivity index (χ3v) is 2.82. The molecule has 2 nitrogen and oxygen atoms in total. The quantitative estimate of drug-likeness (QED) is 0.699. The van der Waals surface area contributed by atoms with Gasteiger partial charge in [0.05, 0.1) is 12.2 Å². The molecule has 2 atom stereocenters. The van der Waals surface area contributed by atoms with E-state index in [1.54, 1.807) is 0 Å². The lowest BCUT2D eigenvalue weighted by Gasteiger charge is -2.26. The summed E-state index contributed by atoms with van der Waals surface area (Å²) in [5.74, 6) is 0. The van der Waals surface area contributed by atoms with Crippen LogP contribution in [0.5, 0.6) is 0 Å². The van der Waals surface area contributed by atoms with Gasteiger partial charge in [-0.05, 0) is 31.7 Å². The Morgan fingerprint density at radius 2 is 2.27 bits per heavy atom. The number of nitrogens with zero attached hydrogens (tertiary/aromatic N) is 1. The first-order valence-corrected chi connectivity index (χ1v) is 5.41. The van der Waals surface area contributed by atoms with E-state index < -0.39 is 0 Å². The molecule has 2 unspecified atom stereocenters. The van der Waals surface area contributed by atoms with Crippen LogP contribution in [0.2, 0.25) is 0 Å². The second-order valence-electron chi connectivity index (χ2n) is 4.09. The first-order chi connectivity index (χ1) is 7.29. The molecular formula is C13H15NO. The molecule has 78 valence electrons. The topological polar surface area (TPSA) is 33.0 Å². The summed E-state index contributed by atoms with van der Waals surface area (Å²) < 4.78 is 5.72. The Hall–Kier alpha value is -1.33. The van der Waals surface area contributed by atoms with Crippen molar-refractivity contribution in [2.75, 3.05) is 0 Å². The van der Waals surface area contributed by atoms with Crippen molar-refractivity contribution in [1.29, 1.82) is 5.26 Å². The van der Waals surface area contributed by atoms with E-state index in [-0.39, 0.29) is 12.2 Å². The fourth-order valence-corrected chi connectivity index (χ4v) is 2.03. The second kappa shape index (κ2) is 4.46. The highest BCUT2D eigenvalue weighted by Crippen LogP contribution is 2.31. The summed E-state index contributed by atoms with van der Waals surface area (Å²) in [6.07, 6.45) is 2.88. The Kier molecular flexibility index (Phi) is 3.03. The molecule has 0 spiro atoms. The van der Waals surface area contributed by atoms with Crippen molar-refractivity contribution in [1.82, 2.24) is 0 Å². The first-order valence-electron chi connectivity index (χ1n) is 5.41. The maximum atomic E-state index is 8.84. The minimum atomic E-state index is -0.218. The molecule has 1 saturated heterocycles. The summed E-state index contributed by atoms with van der Waals surface area (Å²) in [5, 5.41) is 8.84. The van der Waals surface area contributed by atoms with Crippen LogP contribution in [0.1, 0.15) is 36.5 Å². The lowest BCUT2D eigenvalue weighted by molar-refractivity contribution is -0.0228. The number of rotatable bonds is 1. The van der Waals surface area contributed by atoms with Gasteiger partial charge in [0, 0.05) is 0 Å². The van der Waals surface area contributed by atoms with Crippen molar-refractivity contribution in [2.45, 2.75) is 38.4 Å². The molecule has 0 aromatic heterocycles. The van der Waals surface area contributed by atoms with Gasteiger partial charge in [-0.2, -0.15) is 5.26 Å². The van der Waals surface area contributed by atoms with Crippen LogP contribution in [0.4, 0.5) is 0 Å². The van der Waals surface area contributed by atoms with Crippen molar-refractivity contribution < 1.29 is 4.74 Å². The van der Waals surface area contributed by atoms with E-state index in [1.807, 2.05) is 6.07 Å². The largest absolute Gasteiger partial charge is 0.355 e. The Morgan fingerprint density at radius 3 is 3.00 bits per heavy atom. The number of nitriles is 1. The third-order valence-electron chi connectivity index (χ3n) is 2.82. The maximum Gasteiger partial charge on any atom is 0.144 e. The highest BCUT2D eigenvalue weighted by Gasteiger charge is 2.23. The summed E-state index contributed by atoms with van der Waals surface area (Å²) in [6, 6.07) is 10.5. The molecule has 1 aromatic carbocycles. The zero-order chi connectivity index (χ0) is 10.7. The fraction of sp³-hybridized carbons (Fsp3) is 0.462. The van der Waals surface area contributed by atoms with Gasteiger partial charge in [-0.1, -0.05) is 29.8 Å². The molecule has 0 radical (unpaired) electrons. The van der Waals surface area contributed by atoms with Crippen LogP contribution in [0, 0.1) is 18.3 Å². The molecule has 2 heteroatoms. The fourth-order valence-electron chi connectivity index (χ4n) is 2.03. The lowest BCUT2D eigenvalue weighted by Crippen LogP contribution is -2.20. The SMILES string of the molecule is Cc1cccc(C2CCCC(C#N)O2)c1. The van der Waals surface area contributed by atoms with E-state index >= 15 is 0 Å². The summed E-state index contributed by atoms with van der Waals surface area (Å²) in [6.45, 7) is 2.08. The van der Waals surface area contributed by atoms with Gasteiger partial charge in [-0.3, -0.25) is 0 Å². The Morgan fingerprint density at radius 1 is 1.40 bits per heavy atom. The average molecular weight is 201 g/mol. The van der Waals surface area contributed by atoms with Crippen molar-refractivity contribution in [3.05, 3.63) is 35.4 Å². The number of hydrogen-bond donors (Lipinski definition) is 0. The summed E-state index contributed by atoms with van der Waals surface area (Å²) in [4.78, 5) is 0. The molecule has 1 fully saturated rings. The van der Waals surface area contributed by atoms with Crippen molar-refractivity contribution in [2.24, 2.45) is 0 Å². The average Bonchev–Trinajstić information content (AvgIpc) is 2.29. The normalized spacial score (nSPS) is 25.9. The van der Waals surface area contributed by atoms with Crippen LogP contribution < -0.4 is 0 Å². The molecule has 1 aromatic rings. The summed E-state index contributed by atoms with van der Waals surface area (Å²) in [5.41, 5.74) is 2.45. The predicted molar refractivity (Wildman–Crippen MR) is 58.3 cm³/mol. The molecule has 0 saturated carbocycles. The smallest absolute Gasteiger partial charge is 0.144 e. The summed E-state index contributed by atoms with van der Waals surface area (Å²) in [7, 11) is 0. The van der Waals surface area contributed by atoms with E-state index in [0.717, 1.165) is 19.3 Å². The van der Waals surface area contributed by atoms with Gasteiger partial charge >= 0.3 is 0 Å². The molecule has 0 amide bonds. The van der Waals surface area contributed by atoms with E-state index in [0.29, 0.717) is 0 Å². The van der Waals surface area contributed by atoms with Crippen molar-refractivity contribution in [3.8, 4) is 6.07 Å². The molecule has 0 aliphatic carbocycles. The molecule has 2 rings (SSSR count). The Labute approximate surface area is 90.5 Å². The zero-order valence-corrected chi connectivity index (χ0v) is 8.94. The Balaban J connectivity index is 2.14. The van der Waals surface area contributed by atoms with Gasteiger partial charge in [-0.15, -0.1) is 0 Å². The minimum absolute atomic E-state index is 0.114. The number of hydrogen-bond acceptors (Lipinski definition) is 2. The van der Waals surface area contributed by atoms with E-state index in [4.69, 9.17) is 10.00 Å². The van der Waals surface area contributed by atoms with Crippen LogP contribution >= 0.6 is 0 Å². The molecule has 1 aliphatic rings. The van der Waals surface area contributed by atoms with E-state index in [2.05, 4.69) is 31.2 Å². The van der Waals surface area contributed by atoms with Crippen LogP contribution in [0.3, 0.4) is 0 Å². The van der Waals surface area contributed by atoms with Crippen LogP contribution in [0.25, 0.3) is 0 Å². The van der Waals surface area contributed by atoms with Gasteiger partial charge in [0.2, 0.25) is 0 Å². The Bertz CT molecular complexity index is 380. The third kappa shape index (κ3) is 2.37. The van der Waals surface area contributed by atoms with Gasteiger partial charge in [0.25, 0.3) is 0 Å². The zero-order valence-electron chi connectivity index (χ0n) is 8.94. The van der Waals surface area contributed by atoms with Gasteiger partial charge < -0.3 is 4.74 Å². The highest BCUT2D eigenvalue weighted by molar-refractivity contribution is 5.24. The predicted octanol–water partition coefficient (Wildman–Crippen LogP) is 3.13. The molecule has 1 aliphatic heterocycles. The van der Waals surface area contributed by atoms with Gasteiger partial charge in [0.1, 0.15) is 6.10 Å². The van der Waals surface area contributed by atoms with E-state index in [1.165, 1.54) is 11.1 Å². The lowest BCUT2D eigenvalue weighted by atomic mass is 9.98. The molecule has 15 heavy (non-hydrogen) atoms. The first kappa shape index (κ1) is 10.2. The van der Waals surface area contributed by atoms with Crippen LogP contribution in [-0.2, 0) is 4.74 Å². The highest BCUT2D eigenvalue weighted by atomic mass is 16.5. The molecule has 1 heterocycles. The maximum absolute atomic E-state index is 8.84. The van der Waals surface area contributed by atoms with Crippen LogP contribution in [-0.4, -0.2) is 6.10 Å².